The summed E-state index contributed by atoms with van der Waals surface area (Å²) in [5, 5.41) is 3.16. The van der Waals surface area contributed by atoms with Crippen molar-refractivity contribution in [3.63, 3.8) is 0 Å². The maximum atomic E-state index is 14.4. The summed E-state index contributed by atoms with van der Waals surface area (Å²) in [6.45, 7) is 2.82. The third-order valence-corrected chi connectivity index (χ3v) is 9.08. The average molecular weight is 657 g/mol. The molecule has 0 fully saturated rings. The number of rotatable bonds is 12. The summed E-state index contributed by atoms with van der Waals surface area (Å²) in [4.78, 5) is 29.3. The standard InChI is InChI=1S/C33H32Cl2FN3O4S/c1-23(2)37-33(41)31(19-24-9-5-3-6-10-24)38(21-25-13-16-27(36)17-14-25)32(40)22-39(30-20-26(34)15-18-29(30)35)44(42,43)28-11-7-4-8-12-28/h3-18,20,23,31H,19,21-22H2,1-2H3,(H,37,41)/t31-/m1/s1. The predicted molar refractivity (Wildman–Crippen MR) is 172 cm³/mol. The van der Waals surface area contributed by atoms with Crippen molar-refractivity contribution in [3.8, 4) is 0 Å². The van der Waals surface area contributed by atoms with E-state index in [-0.39, 0.29) is 39.6 Å². The summed E-state index contributed by atoms with van der Waals surface area (Å²) in [6.07, 6.45) is 0.148. The quantitative estimate of drug-likeness (QED) is 0.189. The molecule has 7 nitrogen and oxygen atoms in total. The van der Waals surface area contributed by atoms with Crippen LogP contribution in [0.3, 0.4) is 0 Å². The molecule has 1 N–H and O–H groups in total. The first-order chi connectivity index (χ1) is 21.0. The van der Waals surface area contributed by atoms with Crippen molar-refractivity contribution in [2.45, 2.75) is 43.8 Å². The highest BCUT2D eigenvalue weighted by Crippen LogP contribution is 2.33. The fraction of sp³-hybridized carbons (Fsp3) is 0.212. The molecule has 0 saturated carbocycles. The van der Waals surface area contributed by atoms with Gasteiger partial charge in [0.1, 0.15) is 18.4 Å². The molecule has 230 valence electrons. The Morgan fingerprint density at radius 1 is 0.841 bits per heavy atom. The van der Waals surface area contributed by atoms with Gasteiger partial charge in [0.25, 0.3) is 10.0 Å². The van der Waals surface area contributed by atoms with Gasteiger partial charge in [-0.25, -0.2) is 12.8 Å². The Morgan fingerprint density at radius 3 is 2.07 bits per heavy atom. The Labute approximate surface area is 267 Å². The van der Waals surface area contributed by atoms with Crippen molar-refractivity contribution < 1.29 is 22.4 Å². The summed E-state index contributed by atoms with van der Waals surface area (Å²) >= 11 is 12.7. The summed E-state index contributed by atoms with van der Waals surface area (Å²) in [6, 6.07) is 25.4. The van der Waals surface area contributed by atoms with Crippen LogP contribution in [0.2, 0.25) is 10.0 Å². The number of carbonyl (C=O) groups excluding carboxylic acids is 2. The van der Waals surface area contributed by atoms with Crippen molar-refractivity contribution in [3.05, 3.63) is 130 Å². The van der Waals surface area contributed by atoms with Gasteiger partial charge >= 0.3 is 0 Å². The maximum absolute atomic E-state index is 14.4. The second-order valence-corrected chi connectivity index (χ2v) is 13.1. The lowest BCUT2D eigenvalue weighted by atomic mass is 10.0. The summed E-state index contributed by atoms with van der Waals surface area (Å²) in [5.41, 5.74) is 1.35. The molecule has 0 bridgehead atoms. The monoisotopic (exact) mass is 655 g/mol. The highest BCUT2D eigenvalue weighted by atomic mass is 35.5. The molecule has 0 aliphatic rings. The van der Waals surface area contributed by atoms with Crippen LogP contribution in [0.4, 0.5) is 10.1 Å². The molecule has 0 aliphatic heterocycles. The molecule has 11 heteroatoms. The van der Waals surface area contributed by atoms with Gasteiger partial charge in [0, 0.05) is 24.0 Å². The fourth-order valence-electron chi connectivity index (χ4n) is 4.63. The molecule has 1 atom stereocenters. The van der Waals surface area contributed by atoms with Crippen molar-refractivity contribution in [2.75, 3.05) is 10.8 Å². The molecule has 2 amide bonds. The Morgan fingerprint density at radius 2 is 1.45 bits per heavy atom. The molecule has 0 radical (unpaired) electrons. The number of sulfonamides is 1. The zero-order valence-corrected chi connectivity index (χ0v) is 26.5. The van der Waals surface area contributed by atoms with Crippen LogP contribution in [-0.4, -0.2) is 43.8 Å². The zero-order chi connectivity index (χ0) is 31.9. The lowest BCUT2D eigenvalue weighted by Crippen LogP contribution is -2.54. The van der Waals surface area contributed by atoms with Gasteiger partial charge in [-0.1, -0.05) is 83.9 Å². The SMILES string of the molecule is CC(C)NC(=O)[C@@H](Cc1ccccc1)N(Cc1ccc(F)cc1)C(=O)CN(c1cc(Cl)ccc1Cl)S(=O)(=O)c1ccccc1. The number of carbonyl (C=O) groups is 2. The minimum atomic E-state index is -4.33. The first-order valence-electron chi connectivity index (χ1n) is 13.9. The summed E-state index contributed by atoms with van der Waals surface area (Å²) < 4.78 is 42.7. The lowest BCUT2D eigenvalue weighted by Gasteiger charge is -2.34. The van der Waals surface area contributed by atoms with Crippen LogP contribution in [-0.2, 0) is 32.6 Å². The van der Waals surface area contributed by atoms with Gasteiger partial charge in [0.15, 0.2) is 0 Å². The molecule has 0 unspecified atom stereocenters. The second-order valence-electron chi connectivity index (χ2n) is 10.4. The van der Waals surface area contributed by atoms with Crippen molar-refractivity contribution in [2.24, 2.45) is 0 Å². The molecule has 4 rings (SSSR count). The van der Waals surface area contributed by atoms with E-state index in [1.54, 1.807) is 32.0 Å². The van der Waals surface area contributed by atoms with Gasteiger partial charge in [-0.15, -0.1) is 0 Å². The van der Waals surface area contributed by atoms with Crippen LogP contribution in [0.5, 0.6) is 0 Å². The Balaban J connectivity index is 1.82. The largest absolute Gasteiger partial charge is 0.352 e. The Hall–Kier alpha value is -3.92. The van der Waals surface area contributed by atoms with E-state index in [9.17, 15) is 22.4 Å². The molecule has 0 saturated heterocycles. The van der Waals surface area contributed by atoms with Crippen molar-refractivity contribution >= 4 is 50.7 Å². The molecule has 0 heterocycles. The molecule has 44 heavy (non-hydrogen) atoms. The van der Waals surface area contributed by atoms with E-state index in [0.29, 0.717) is 5.56 Å². The van der Waals surface area contributed by atoms with Gasteiger partial charge in [0.2, 0.25) is 11.8 Å². The molecular weight excluding hydrogens is 624 g/mol. The topological polar surface area (TPSA) is 86.8 Å². The zero-order valence-electron chi connectivity index (χ0n) is 24.2. The smallest absolute Gasteiger partial charge is 0.264 e. The number of nitrogens with zero attached hydrogens (tertiary/aromatic N) is 2. The normalized spacial score (nSPS) is 12.0. The van der Waals surface area contributed by atoms with Crippen LogP contribution in [0.15, 0.2) is 108 Å². The highest BCUT2D eigenvalue weighted by molar-refractivity contribution is 7.92. The predicted octanol–water partition coefficient (Wildman–Crippen LogP) is 6.49. The average Bonchev–Trinajstić information content (AvgIpc) is 3.00. The van der Waals surface area contributed by atoms with Crippen molar-refractivity contribution in [1.29, 1.82) is 0 Å². The minimum absolute atomic E-state index is 0.00402. The maximum Gasteiger partial charge on any atom is 0.264 e. The first-order valence-corrected chi connectivity index (χ1v) is 16.1. The molecule has 0 spiro atoms. The lowest BCUT2D eigenvalue weighted by molar-refractivity contribution is -0.140. The first kappa shape index (κ1) is 33.0. The number of anilines is 1. The summed E-state index contributed by atoms with van der Waals surface area (Å²) in [7, 11) is -4.33. The van der Waals surface area contributed by atoms with Gasteiger partial charge in [-0.2, -0.15) is 0 Å². The Bertz CT molecular complexity index is 1690. The van der Waals surface area contributed by atoms with Crippen LogP contribution in [0.25, 0.3) is 0 Å². The Kier molecular flexibility index (Phi) is 11.0. The van der Waals surface area contributed by atoms with E-state index in [1.807, 2.05) is 30.3 Å². The highest BCUT2D eigenvalue weighted by Gasteiger charge is 2.35. The number of amides is 2. The van der Waals surface area contributed by atoms with Crippen molar-refractivity contribution in [1.82, 2.24) is 10.2 Å². The van der Waals surface area contributed by atoms with E-state index in [4.69, 9.17) is 23.2 Å². The second kappa shape index (κ2) is 14.7. The van der Waals surface area contributed by atoms with E-state index >= 15 is 0 Å². The van der Waals surface area contributed by atoms with Gasteiger partial charge in [-0.05, 0) is 67.4 Å². The third-order valence-electron chi connectivity index (χ3n) is 6.76. The number of benzene rings is 4. The fourth-order valence-corrected chi connectivity index (χ4v) is 6.51. The van der Waals surface area contributed by atoms with E-state index in [2.05, 4.69) is 5.32 Å². The van der Waals surface area contributed by atoms with Gasteiger partial charge in [-0.3, -0.25) is 13.9 Å². The summed E-state index contributed by atoms with van der Waals surface area (Å²) in [5.74, 6) is -1.55. The van der Waals surface area contributed by atoms with Crippen LogP contribution in [0.1, 0.15) is 25.0 Å². The molecule has 0 aromatic heterocycles. The number of halogens is 3. The van der Waals surface area contributed by atoms with E-state index in [1.165, 1.54) is 59.5 Å². The van der Waals surface area contributed by atoms with Crippen LogP contribution >= 0.6 is 23.2 Å². The molecular formula is C33H32Cl2FN3O4S. The number of hydrogen-bond acceptors (Lipinski definition) is 4. The molecule has 4 aromatic carbocycles. The number of nitrogens with one attached hydrogen (secondary N) is 1. The van der Waals surface area contributed by atoms with Crippen LogP contribution in [0, 0.1) is 5.82 Å². The molecule has 4 aromatic rings. The number of hydrogen-bond donors (Lipinski definition) is 1. The van der Waals surface area contributed by atoms with E-state index in [0.717, 1.165) is 9.87 Å². The van der Waals surface area contributed by atoms with E-state index < -0.39 is 40.2 Å². The van der Waals surface area contributed by atoms with Gasteiger partial charge < -0.3 is 10.2 Å². The third kappa shape index (κ3) is 8.37. The molecule has 0 aliphatic carbocycles. The minimum Gasteiger partial charge on any atom is -0.352 e. The van der Waals surface area contributed by atoms with Crippen LogP contribution < -0.4 is 9.62 Å². The van der Waals surface area contributed by atoms with Gasteiger partial charge in [0.05, 0.1) is 15.6 Å².